The van der Waals surface area contributed by atoms with Crippen LogP contribution >= 0.6 is 0 Å². The molecule has 24 heavy (non-hydrogen) atoms. The quantitative estimate of drug-likeness (QED) is 0.867. The van der Waals surface area contributed by atoms with Crippen LogP contribution in [0.2, 0.25) is 0 Å². The van der Waals surface area contributed by atoms with Crippen molar-refractivity contribution in [2.45, 2.75) is 40.2 Å². The third-order valence-electron chi connectivity index (χ3n) is 4.76. The van der Waals surface area contributed by atoms with E-state index in [0.29, 0.717) is 5.92 Å². The van der Waals surface area contributed by atoms with E-state index in [2.05, 4.69) is 21.5 Å². The Labute approximate surface area is 143 Å². The normalized spacial score (nSPS) is 18.2. The lowest BCUT2D eigenvalue weighted by atomic mass is 9.96. The molecule has 3 heterocycles. The first-order chi connectivity index (χ1) is 11.6. The second-order valence-corrected chi connectivity index (χ2v) is 7.02. The lowest BCUT2D eigenvalue weighted by molar-refractivity contribution is -0.136. The lowest BCUT2D eigenvalue weighted by Gasteiger charge is -2.34. The van der Waals surface area contributed by atoms with Gasteiger partial charge in [0.1, 0.15) is 5.82 Å². The third-order valence-corrected chi connectivity index (χ3v) is 4.76. The highest BCUT2D eigenvalue weighted by molar-refractivity contribution is 5.78. The molecule has 1 aliphatic heterocycles. The summed E-state index contributed by atoms with van der Waals surface area (Å²) in [6, 6.07) is 3.99. The maximum absolute atomic E-state index is 12.3. The van der Waals surface area contributed by atoms with Crippen LogP contribution in [0.3, 0.4) is 0 Å². The van der Waals surface area contributed by atoms with E-state index in [4.69, 9.17) is 0 Å². The van der Waals surface area contributed by atoms with Crippen LogP contribution in [-0.4, -0.2) is 38.4 Å². The number of imidazole rings is 1. The second kappa shape index (κ2) is 7.16. The Balaban J connectivity index is 1.77. The third kappa shape index (κ3) is 3.50. The molecule has 0 aromatic carbocycles. The van der Waals surface area contributed by atoms with Crippen molar-refractivity contribution < 1.29 is 4.79 Å². The van der Waals surface area contributed by atoms with Gasteiger partial charge in [-0.25, -0.2) is 4.98 Å². The van der Waals surface area contributed by atoms with Crippen molar-refractivity contribution >= 4 is 5.91 Å². The Hall–Kier alpha value is -2.17. The van der Waals surface area contributed by atoms with Crippen LogP contribution in [0.1, 0.15) is 32.4 Å². The van der Waals surface area contributed by atoms with Crippen LogP contribution in [0.4, 0.5) is 0 Å². The summed E-state index contributed by atoms with van der Waals surface area (Å²) >= 11 is 0. The van der Waals surface area contributed by atoms with Gasteiger partial charge in [0.2, 0.25) is 5.91 Å². The molecule has 1 atom stereocenters. The molecule has 5 heteroatoms. The molecule has 0 spiro atoms. The molecule has 2 aromatic heterocycles. The zero-order valence-corrected chi connectivity index (χ0v) is 14.8. The molecular formula is C19H26N4O. The minimum absolute atomic E-state index is 0.0751. The maximum Gasteiger partial charge on any atom is 0.225 e. The molecule has 0 saturated carbocycles. The van der Waals surface area contributed by atoms with Crippen LogP contribution in [0, 0.1) is 18.8 Å². The minimum Gasteiger partial charge on any atom is -0.342 e. The van der Waals surface area contributed by atoms with Gasteiger partial charge in [0.15, 0.2) is 0 Å². The summed E-state index contributed by atoms with van der Waals surface area (Å²) in [6.45, 7) is 8.71. The maximum atomic E-state index is 12.3. The fraction of sp³-hybridized carbons (Fsp3) is 0.526. The molecular weight excluding hydrogens is 300 g/mol. The highest BCUT2D eigenvalue weighted by Crippen LogP contribution is 2.24. The summed E-state index contributed by atoms with van der Waals surface area (Å²) in [4.78, 5) is 23.0. The summed E-state index contributed by atoms with van der Waals surface area (Å²) in [5.41, 5.74) is 2.25. The van der Waals surface area contributed by atoms with E-state index in [-0.39, 0.29) is 11.8 Å². The predicted octanol–water partition coefficient (Wildman–Crippen LogP) is 3.15. The van der Waals surface area contributed by atoms with Crippen molar-refractivity contribution in [3.63, 3.8) is 0 Å². The van der Waals surface area contributed by atoms with E-state index in [1.807, 2.05) is 37.1 Å². The van der Waals surface area contributed by atoms with E-state index in [1.165, 1.54) is 0 Å². The van der Waals surface area contributed by atoms with Crippen molar-refractivity contribution in [2.24, 2.45) is 11.8 Å². The Morgan fingerprint density at radius 2 is 2.08 bits per heavy atom. The Kier molecular flexibility index (Phi) is 4.97. The second-order valence-electron chi connectivity index (χ2n) is 7.02. The number of hydrogen-bond acceptors (Lipinski definition) is 3. The molecule has 1 amide bonds. The fourth-order valence-corrected chi connectivity index (χ4v) is 3.46. The van der Waals surface area contributed by atoms with Crippen LogP contribution in [0.25, 0.3) is 11.4 Å². The lowest BCUT2D eigenvalue weighted by Crippen LogP contribution is -2.43. The number of aryl methyl sites for hydroxylation is 1. The average molecular weight is 326 g/mol. The van der Waals surface area contributed by atoms with Crippen LogP contribution < -0.4 is 0 Å². The van der Waals surface area contributed by atoms with Crippen LogP contribution in [-0.2, 0) is 11.3 Å². The smallest absolute Gasteiger partial charge is 0.225 e. The van der Waals surface area contributed by atoms with Crippen molar-refractivity contribution in [1.29, 1.82) is 0 Å². The number of carbonyl (C=O) groups excluding carboxylic acids is 1. The first-order valence-electron chi connectivity index (χ1n) is 8.77. The Bertz CT molecular complexity index is 693. The van der Waals surface area contributed by atoms with Crippen molar-refractivity contribution in [3.8, 4) is 11.4 Å². The van der Waals surface area contributed by atoms with Gasteiger partial charge in [-0.3, -0.25) is 9.78 Å². The topological polar surface area (TPSA) is 51.0 Å². The molecule has 3 rings (SSSR count). The molecule has 5 nitrogen and oxygen atoms in total. The number of amides is 1. The zero-order chi connectivity index (χ0) is 17.1. The number of carbonyl (C=O) groups is 1. The number of nitrogens with zero attached hydrogens (tertiary/aromatic N) is 4. The van der Waals surface area contributed by atoms with Crippen LogP contribution in [0.15, 0.2) is 30.7 Å². The summed E-state index contributed by atoms with van der Waals surface area (Å²) in [5, 5.41) is 0. The number of pyridine rings is 1. The number of aromatic nitrogens is 3. The van der Waals surface area contributed by atoms with Gasteiger partial charge in [0, 0.05) is 55.4 Å². The average Bonchev–Trinajstić information content (AvgIpc) is 2.96. The predicted molar refractivity (Wildman–Crippen MR) is 94.3 cm³/mol. The van der Waals surface area contributed by atoms with Gasteiger partial charge in [0.25, 0.3) is 0 Å². The van der Waals surface area contributed by atoms with Crippen molar-refractivity contribution in [2.75, 3.05) is 13.1 Å². The molecule has 0 aliphatic carbocycles. The minimum atomic E-state index is 0.0751. The highest BCUT2D eigenvalue weighted by atomic mass is 16.2. The van der Waals surface area contributed by atoms with E-state index >= 15 is 0 Å². The largest absolute Gasteiger partial charge is 0.342 e. The van der Waals surface area contributed by atoms with Gasteiger partial charge in [-0.05, 0) is 37.8 Å². The molecule has 0 radical (unpaired) electrons. The van der Waals surface area contributed by atoms with E-state index in [9.17, 15) is 4.79 Å². The fourth-order valence-electron chi connectivity index (χ4n) is 3.46. The molecule has 0 bridgehead atoms. The molecule has 1 fully saturated rings. The van der Waals surface area contributed by atoms with Gasteiger partial charge in [-0.15, -0.1) is 0 Å². The standard InChI is InChI=1S/C19H26N4O/c1-14(2)19(24)22-10-4-5-16(12-22)13-23-15(3)11-21-18(23)17-6-8-20-9-7-17/h6-9,11,14,16H,4-5,10,12-13H2,1-3H3. The number of likely N-dealkylation sites (tertiary alicyclic amines) is 1. The highest BCUT2D eigenvalue weighted by Gasteiger charge is 2.26. The Morgan fingerprint density at radius 3 is 2.79 bits per heavy atom. The zero-order valence-electron chi connectivity index (χ0n) is 14.8. The van der Waals surface area contributed by atoms with E-state index in [0.717, 1.165) is 49.6 Å². The van der Waals surface area contributed by atoms with Gasteiger partial charge < -0.3 is 9.47 Å². The number of piperidine rings is 1. The molecule has 0 N–H and O–H groups in total. The number of hydrogen-bond donors (Lipinski definition) is 0. The first kappa shape index (κ1) is 16.7. The van der Waals surface area contributed by atoms with Gasteiger partial charge >= 0.3 is 0 Å². The molecule has 1 saturated heterocycles. The molecule has 1 unspecified atom stereocenters. The summed E-state index contributed by atoms with van der Waals surface area (Å²) in [6.07, 6.45) is 7.77. The molecule has 2 aromatic rings. The first-order valence-corrected chi connectivity index (χ1v) is 8.77. The molecule has 128 valence electrons. The van der Waals surface area contributed by atoms with E-state index in [1.54, 1.807) is 12.4 Å². The SMILES string of the molecule is Cc1cnc(-c2ccncc2)n1CC1CCCN(C(=O)C(C)C)C1. The number of rotatable bonds is 4. The monoisotopic (exact) mass is 326 g/mol. The summed E-state index contributed by atoms with van der Waals surface area (Å²) in [7, 11) is 0. The van der Waals surface area contributed by atoms with Crippen molar-refractivity contribution in [3.05, 3.63) is 36.4 Å². The van der Waals surface area contributed by atoms with Crippen molar-refractivity contribution in [1.82, 2.24) is 19.4 Å². The molecule has 1 aliphatic rings. The summed E-state index contributed by atoms with van der Waals surface area (Å²) < 4.78 is 2.28. The van der Waals surface area contributed by atoms with Crippen LogP contribution in [0.5, 0.6) is 0 Å². The summed E-state index contributed by atoms with van der Waals surface area (Å²) in [5.74, 6) is 1.82. The van der Waals surface area contributed by atoms with Gasteiger partial charge in [-0.1, -0.05) is 13.8 Å². The van der Waals surface area contributed by atoms with E-state index < -0.39 is 0 Å². The Morgan fingerprint density at radius 1 is 1.33 bits per heavy atom. The van der Waals surface area contributed by atoms with Gasteiger partial charge in [-0.2, -0.15) is 0 Å². The van der Waals surface area contributed by atoms with Gasteiger partial charge in [0.05, 0.1) is 0 Å².